The lowest BCUT2D eigenvalue weighted by atomic mass is 9.99. The van der Waals surface area contributed by atoms with Crippen LogP contribution in [0.15, 0.2) is 0 Å². The van der Waals surface area contributed by atoms with Gasteiger partial charge in [-0.15, -0.1) is 0 Å². The Morgan fingerprint density at radius 3 is 1.08 bits per heavy atom. The van der Waals surface area contributed by atoms with E-state index in [1.807, 2.05) is 0 Å². The van der Waals surface area contributed by atoms with Crippen molar-refractivity contribution in [3.8, 4) is 0 Å². The molecule has 0 aliphatic heterocycles. The minimum absolute atomic E-state index is 0.0651. The normalized spacial score (nSPS) is 12.6. The van der Waals surface area contributed by atoms with Gasteiger partial charge in [0.25, 0.3) is 0 Å². The van der Waals surface area contributed by atoms with Gasteiger partial charge < -0.3 is 14.2 Å². The molecule has 314 valence electrons. The van der Waals surface area contributed by atoms with Crippen molar-refractivity contribution in [2.24, 2.45) is 11.8 Å². The van der Waals surface area contributed by atoms with Gasteiger partial charge in [0, 0.05) is 19.3 Å². The predicted molar refractivity (Wildman–Crippen MR) is 224 cm³/mol. The summed E-state index contributed by atoms with van der Waals surface area (Å²) in [4.78, 5) is 37.7. The maximum atomic E-state index is 12.7. The topological polar surface area (TPSA) is 78.9 Å². The quantitative estimate of drug-likeness (QED) is 0.0352. The average Bonchev–Trinajstić information content (AvgIpc) is 3.14. The molecule has 2 atom stereocenters. The average molecular weight is 751 g/mol. The summed E-state index contributed by atoms with van der Waals surface area (Å²) in [6.07, 6.45) is 37.9. The monoisotopic (exact) mass is 751 g/mol. The molecule has 0 heterocycles. The van der Waals surface area contributed by atoms with Crippen molar-refractivity contribution in [2.45, 2.75) is 259 Å². The van der Waals surface area contributed by atoms with E-state index in [4.69, 9.17) is 14.2 Å². The lowest BCUT2D eigenvalue weighted by molar-refractivity contribution is -0.167. The Bertz CT molecular complexity index is 811. The van der Waals surface area contributed by atoms with Gasteiger partial charge in [-0.25, -0.2) is 0 Å². The molecule has 0 fully saturated rings. The standard InChI is InChI=1S/C47H90O6/c1-6-8-9-10-11-12-13-16-22-27-32-37-45(48)51-40-44(53-47(50)39-34-29-24-17-14-15-20-25-30-35-42(3)4)41-52-46(49)38-33-28-23-19-18-21-26-31-36-43(5)7-2/h42-44H,6-41H2,1-5H3/t43?,44-/m0/s1. The molecule has 0 saturated carbocycles. The van der Waals surface area contributed by atoms with Crippen molar-refractivity contribution >= 4 is 17.9 Å². The fraction of sp³-hybridized carbons (Fsp3) is 0.936. The Labute approximate surface area is 329 Å². The molecule has 0 rings (SSSR count). The lowest BCUT2D eigenvalue weighted by Gasteiger charge is -2.18. The third-order valence-electron chi connectivity index (χ3n) is 10.8. The van der Waals surface area contributed by atoms with Crippen molar-refractivity contribution in [3.63, 3.8) is 0 Å². The van der Waals surface area contributed by atoms with Gasteiger partial charge in [-0.2, -0.15) is 0 Å². The molecule has 0 amide bonds. The van der Waals surface area contributed by atoms with Crippen LogP contribution >= 0.6 is 0 Å². The van der Waals surface area contributed by atoms with Gasteiger partial charge in [-0.05, 0) is 31.1 Å². The van der Waals surface area contributed by atoms with Crippen molar-refractivity contribution in [1.82, 2.24) is 0 Å². The van der Waals surface area contributed by atoms with Gasteiger partial charge in [0.05, 0.1) is 0 Å². The van der Waals surface area contributed by atoms with Crippen molar-refractivity contribution < 1.29 is 28.6 Å². The largest absolute Gasteiger partial charge is 0.462 e. The number of hydrogen-bond donors (Lipinski definition) is 0. The van der Waals surface area contributed by atoms with E-state index in [9.17, 15) is 14.4 Å². The molecule has 53 heavy (non-hydrogen) atoms. The van der Waals surface area contributed by atoms with Gasteiger partial charge in [0.2, 0.25) is 0 Å². The van der Waals surface area contributed by atoms with E-state index in [1.54, 1.807) is 0 Å². The second kappa shape index (κ2) is 40.1. The van der Waals surface area contributed by atoms with Gasteiger partial charge in [0.15, 0.2) is 6.10 Å². The molecule has 0 N–H and O–H groups in total. The van der Waals surface area contributed by atoms with Crippen molar-refractivity contribution in [1.29, 1.82) is 0 Å². The molecule has 0 aromatic carbocycles. The molecule has 0 spiro atoms. The fourth-order valence-electron chi connectivity index (χ4n) is 6.90. The third-order valence-corrected chi connectivity index (χ3v) is 10.8. The zero-order valence-corrected chi connectivity index (χ0v) is 36.1. The van der Waals surface area contributed by atoms with Crippen molar-refractivity contribution in [2.75, 3.05) is 13.2 Å². The molecule has 0 aliphatic carbocycles. The number of rotatable bonds is 41. The molecule has 0 aromatic heterocycles. The maximum Gasteiger partial charge on any atom is 0.306 e. The highest BCUT2D eigenvalue weighted by Gasteiger charge is 2.19. The van der Waals surface area contributed by atoms with E-state index >= 15 is 0 Å². The number of ether oxygens (including phenoxy) is 3. The summed E-state index contributed by atoms with van der Waals surface area (Å²) in [5.41, 5.74) is 0. The summed E-state index contributed by atoms with van der Waals surface area (Å²) in [5, 5.41) is 0. The summed E-state index contributed by atoms with van der Waals surface area (Å²) in [7, 11) is 0. The first kappa shape index (κ1) is 51.4. The van der Waals surface area contributed by atoms with Crippen LogP contribution in [-0.2, 0) is 28.6 Å². The van der Waals surface area contributed by atoms with Crippen LogP contribution in [0.4, 0.5) is 0 Å². The van der Waals surface area contributed by atoms with E-state index in [0.29, 0.717) is 19.3 Å². The summed E-state index contributed by atoms with van der Waals surface area (Å²) in [6, 6.07) is 0. The molecular weight excluding hydrogens is 661 g/mol. The number of carbonyl (C=O) groups excluding carboxylic acids is 3. The van der Waals surface area contributed by atoms with Crippen LogP contribution in [0.3, 0.4) is 0 Å². The molecule has 0 aliphatic rings. The van der Waals surface area contributed by atoms with Crippen LogP contribution in [0.1, 0.15) is 253 Å². The van der Waals surface area contributed by atoms with Crippen LogP contribution in [0.2, 0.25) is 0 Å². The van der Waals surface area contributed by atoms with E-state index in [0.717, 1.165) is 69.6 Å². The second-order valence-electron chi connectivity index (χ2n) is 16.8. The SMILES string of the molecule is CCCCCCCCCCCCCC(=O)OC[C@@H](COC(=O)CCCCCCCCCCC(C)CC)OC(=O)CCCCCCCCCCCC(C)C. The highest BCUT2D eigenvalue weighted by Crippen LogP contribution is 2.17. The molecule has 0 saturated heterocycles. The number of hydrogen-bond acceptors (Lipinski definition) is 6. The van der Waals surface area contributed by atoms with Crippen LogP contribution < -0.4 is 0 Å². The summed E-state index contributed by atoms with van der Waals surface area (Å²) >= 11 is 0. The molecule has 6 heteroatoms. The van der Waals surface area contributed by atoms with Gasteiger partial charge in [0.1, 0.15) is 13.2 Å². The number of esters is 3. The molecule has 0 bridgehead atoms. The zero-order valence-electron chi connectivity index (χ0n) is 36.1. The highest BCUT2D eigenvalue weighted by atomic mass is 16.6. The predicted octanol–water partition coefficient (Wildman–Crippen LogP) is 14.6. The van der Waals surface area contributed by atoms with Crippen molar-refractivity contribution in [3.05, 3.63) is 0 Å². The summed E-state index contributed by atoms with van der Waals surface area (Å²) < 4.78 is 16.7. The first-order valence-electron chi connectivity index (χ1n) is 23.3. The maximum absolute atomic E-state index is 12.7. The Morgan fingerprint density at radius 1 is 0.396 bits per heavy atom. The Balaban J connectivity index is 4.35. The highest BCUT2D eigenvalue weighted by molar-refractivity contribution is 5.71. The zero-order chi connectivity index (χ0) is 39.0. The molecule has 1 unspecified atom stereocenters. The van der Waals surface area contributed by atoms with Gasteiger partial charge in [-0.1, -0.05) is 214 Å². The van der Waals surface area contributed by atoms with Crippen LogP contribution in [0, 0.1) is 11.8 Å². The molecule has 0 radical (unpaired) electrons. The number of carbonyl (C=O) groups is 3. The fourth-order valence-corrected chi connectivity index (χ4v) is 6.90. The van der Waals surface area contributed by atoms with Crippen LogP contribution in [0.25, 0.3) is 0 Å². The van der Waals surface area contributed by atoms with Crippen LogP contribution in [0.5, 0.6) is 0 Å². The van der Waals surface area contributed by atoms with E-state index < -0.39 is 6.10 Å². The summed E-state index contributed by atoms with van der Waals surface area (Å²) in [6.45, 7) is 11.3. The third kappa shape index (κ3) is 39.9. The van der Waals surface area contributed by atoms with Gasteiger partial charge in [-0.3, -0.25) is 14.4 Å². The van der Waals surface area contributed by atoms with E-state index in [1.165, 1.54) is 141 Å². The Morgan fingerprint density at radius 2 is 0.717 bits per heavy atom. The summed E-state index contributed by atoms with van der Waals surface area (Å²) in [5.74, 6) is 0.795. The molecular formula is C47H90O6. The first-order valence-corrected chi connectivity index (χ1v) is 23.3. The molecule has 6 nitrogen and oxygen atoms in total. The Hall–Kier alpha value is -1.59. The Kier molecular flexibility index (Phi) is 38.9. The van der Waals surface area contributed by atoms with E-state index in [2.05, 4.69) is 34.6 Å². The first-order chi connectivity index (χ1) is 25.8. The van der Waals surface area contributed by atoms with E-state index in [-0.39, 0.29) is 31.1 Å². The number of unbranched alkanes of at least 4 members (excludes halogenated alkanes) is 25. The van der Waals surface area contributed by atoms with Crippen LogP contribution in [-0.4, -0.2) is 37.2 Å². The minimum Gasteiger partial charge on any atom is -0.462 e. The lowest BCUT2D eigenvalue weighted by Crippen LogP contribution is -2.30. The molecule has 0 aromatic rings. The minimum atomic E-state index is -0.760. The smallest absolute Gasteiger partial charge is 0.306 e. The second-order valence-corrected chi connectivity index (χ2v) is 16.8. The van der Waals surface area contributed by atoms with Gasteiger partial charge >= 0.3 is 17.9 Å².